The summed E-state index contributed by atoms with van der Waals surface area (Å²) in [5.41, 5.74) is 1.77. The van der Waals surface area contributed by atoms with E-state index in [1.54, 1.807) is 20.8 Å². The van der Waals surface area contributed by atoms with Crippen LogP contribution in [0.25, 0.3) is 0 Å². The minimum absolute atomic E-state index is 0.0436. The molecule has 0 aromatic carbocycles. The Morgan fingerprint density at radius 1 is 1.33 bits per heavy atom. The van der Waals surface area contributed by atoms with Crippen molar-refractivity contribution in [3.8, 4) is 0 Å². The second kappa shape index (κ2) is 6.30. The predicted molar refractivity (Wildman–Crippen MR) is 75.3 cm³/mol. The van der Waals surface area contributed by atoms with Crippen LogP contribution in [-0.4, -0.2) is 36.4 Å². The van der Waals surface area contributed by atoms with Gasteiger partial charge < -0.3 is 19.9 Å². The molecule has 2 aliphatic heterocycles. The van der Waals surface area contributed by atoms with Crippen LogP contribution in [0.5, 0.6) is 0 Å². The Hall–Kier alpha value is -1.82. The summed E-state index contributed by atoms with van der Waals surface area (Å²) in [4.78, 5) is 23.6. The molecule has 2 atom stereocenters. The molecule has 6 nitrogen and oxygen atoms in total. The van der Waals surface area contributed by atoms with Crippen LogP contribution in [-0.2, 0) is 19.1 Å². The number of ether oxygens (including phenoxy) is 2. The lowest BCUT2D eigenvalue weighted by atomic mass is 9.87. The van der Waals surface area contributed by atoms with Gasteiger partial charge in [0.25, 0.3) is 0 Å². The lowest BCUT2D eigenvalue weighted by molar-refractivity contribution is -0.142. The van der Waals surface area contributed by atoms with E-state index in [0.717, 1.165) is 12.8 Å². The number of rotatable bonds is 4. The third-order valence-electron chi connectivity index (χ3n) is 3.92. The number of aliphatic carboxylic acids is 1. The summed E-state index contributed by atoms with van der Waals surface area (Å²) < 4.78 is 10.7. The van der Waals surface area contributed by atoms with E-state index in [-0.39, 0.29) is 18.3 Å². The monoisotopic (exact) mass is 295 g/mol. The second-order valence-electron chi connectivity index (χ2n) is 5.46. The Kier molecular flexibility index (Phi) is 4.67. The lowest BCUT2D eigenvalue weighted by Crippen LogP contribution is -2.32. The highest BCUT2D eigenvalue weighted by molar-refractivity contribution is 5.96. The number of hydrogen-bond acceptors (Lipinski definition) is 5. The maximum absolute atomic E-state index is 12.3. The highest BCUT2D eigenvalue weighted by Gasteiger charge is 2.33. The standard InChI is InChI=1S/C15H21NO5/c1-8-12(14(17)18)9(2)16-10(3)13(8)15(19)21-7-11-5-4-6-20-11/h8,11,16H,4-7H2,1-3H3,(H,17,18). The van der Waals surface area contributed by atoms with Gasteiger partial charge in [-0.15, -0.1) is 0 Å². The number of carboxylic acid groups (broad SMARTS) is 1. The highest BCUT2D eigenvalue weighted by Crippen LogP contribution is 2.30. The predicted octanol–water partition coefficient (Wildman–Crippen LogP) is 1.58. The number of esters is 1. The molecule has 0 amide bonds. The van der Waals surface area contributed by atoms with E-state index in [9.17, 15) is 14.7 Å². The van der Waals surface area contributed by atoms with Crippen molar-refractivity contribution in [1.82, 2.24) is 5.32 Å². The molecule has 116 valence electrons. The fourth-order valence-electron chi connectivity index (χ4n) is 2.91. The third kappa shape index (κ3) is 3.26. The fraction of sp³-hybridized carbons (Fsp3) is 0.600. The molecule has 0 spiro atoms. The molecule has 1 fully saturated rings. The molecule has 0 aromatic rings. The number of carbonyl (C=O) groups excluding carboxylic acids is 1. The number of carboxylic acids is 1. The summed E-state index contributed by atoms with van der Waals surface area (Å²) in [5, 5.41) is 12.2. The van der Waals surface area contributed by atoms with Gasteiger partial charge in [-0.1, -0.05) is 6.92 Å². The molecular formula is C15H21NO5. The van der Waals surface area contributed by atoms with Crippen molar-refractivity contribution >= 4 is 11.9 Å². The molecule has 0 aliphatic carbocycles. The third-order valence-corrected chi connectivity index (χ3v) is 3.92. The zero-order valence-electron chi connectivity index (χ0n) is 12.6. The topological polar surface area (TPSA) is 84.9 Å². The zero-order chi connectivity index (χ0) is 15.6. The second-order valence-corrected chi connectivity index (χ2v) is 5.46. The molecule has 2 heterocycles. The normalized spacial score (nSPS) is 25.9. The number of carbonyl (C=O) groups is 2. The molecule has 0 bridgehead atoms. The van der Waals surface area contributed by atoms with Gasteiger partial charge in [-0.25, -0.2) is 9.59 Å². The first kappa shape index (κ1) is 15.6. The van der Waals surface area contributed by atoms with Gasteiger partial charge in [-0.05, 0) is 26.7 Å². The molecule has 21 heavy (non-hydrogen) atoms. The molecule has 2 unspecified atom stereocenters. The minimum Gasteiger partial charge on any atom is -0.478 e. The smallest absolute Gasteiger partial charge is 0.336 e. The summed E-state index contributed by atoms with van der Waals surface area (Å²) in [6.07, 6.45) is 1.82. The van der Waals surface area contributed by atoms with Crippen LogP contribution < -0.4 is 5.32 Å². The molecular weight excluding hydrogens is 274 g/mol. The Balaban J connectivity index is 2.08. The average Bonchev–Trinajstić information content (AvgIpc) is 2.88. The highest BCUT2D eigenvalue weighted by atomic mass is 16.6. The molecule has 0 aromatic heterocycles. The van der Waals surface area contributed by atoms with E-state index in [0.29, 0.717) is 23.6 Å². The SMILES string of the molecule is CC1=C(C(=O)O)C(C)C(C(=O)OCC2CCCO2)=C(C)N1. The van der Waals surface area contributed by atoms with E-state index in [1.807, 2.05) is 0 Å². The molecule has 0 radical (unpaired) electrons. The van der Waals surface area contributed by atoms with Crippen LogP contribution in [0.3, 0.4) is 0 Å². The first-order valence-electron chi connectivity index (χ1n) is 7.12. The summed E-state index contributed by atoms with van der Waals surface area (Å²) >= 11 is 0. The Labute approximate surface area is 123 Å². The van der Waals surface area contributed by atoms with E-state index in [2.05, 4.69) is 5.32 Å². The molecule has 2 rings (SSSR count). The van der Waals surface area contributed by atoms with Crippen molar-refractivity contribution in [2.45, 2.75) is 39.7 Å². The lowest BCUT2D eigenvalue weighted by Gasteiger charge is -2.27. The van der Waals surface area contributed by atoms with Crippen LogP contribution >= 0.6 is 0 Å². The van der Waals surface area contributed by atoms with Gasteiger partial charge in [0.2, 0.25) is 0 Å². The maximum Gasteiger partial charge on any atom is 0.336 e. The summed E-state index contributed by atoms with van der Waals surface area (Å²) in [5.74, 6) is -2.00. The summed E-state index contributed by atoms with van der Waals surface area (Å²) in [7, 11) is 0. The van der Waals surface area contributed by atoms with Crippen LogP contribution in [0.1, 0.15) is 33.6 Å². The number of nitrogens with one attached hydrogen (secondary N) is 1. The first-order valence-corrected chi connectivity index (χ1v) is 7.12. The van der Waals surface area contributed by atoms with E-state index < -0.39 is 17.9 Å². The van der Waals surface area contributed by atoms with Crippen LogP contribution in [0, 0.1) is 5.92 Å². The van der Waals surface area contributed by atoms with Crippen molar-refractivity contribution in [2.75, 3.05) is 13.2 Å². The van der Waals surface area contributed by atoms with Crippen molar-refractivity contribution in [1.29, 1.82) is 0 Å². The number of hydrogen-bond donors (Lipinski definition) is 2. The Morgan fingerprint density at radius 2 is 2.00 bits per heavy atom. The summed E-state index contributed by atoms with van der Waals surface area (Å²) in [6, 6.07) is 0. The fourth-order valence-corrected chi connectivity index (χ4v) is 2.91. The minimum atomic E-state index is -1.02. The van der Waals surface area contributed by atoms with Crippen LogP contribution in [0.2, 0.25) is 0 Å². The Morgan fingerprint density at radius 3 is 2.57 bits per heavy atom. The van der Waals surface area contributed by atoms with Crippen molar-refractivity contribution < 1.29 is 24.2 Å². The van der Waals surface area contributed by atoms with Gasteiger partial charge >= 0.3 is 11.9 Å². The molecule has 6 heteroatoms. The largest absolute Gasteiger partial charge is 0.478 e. The van der Waals surface area contributed by atoms with Gasteiger partial charge in [0.1, 0.15) is 6.61 Å². The van der Waals surface area contributed by atoms with Gasteiger partial charge in [-0.3, -0.25) is 0 Å². The van der Waals surface area contributed by atoms with E-state index in [4.69, 9.17) is 9.47 Å². The van der Waals surface area contributed by atoms with Crippen molar-refractivity contribution in [3.63, 3.8) is 0 Å². The maximum atomic E-state index is 12.3. The molecule has 2 aliphatic rings. The first-order chi connectivity index (χ1) is 9.91. The summed E-state index contributed by atoms with van der Waals surface area (Å²) in [6.45, 7) is 6.07. The molecule has 1 saturated heterocycles. The zero-order valence-corrected chi connectivity index (χ0v) is 12.6. The van der Waals surface area contributed by atoms with Gasteiger partial charge in [0, 0.05) is 23.9 Å². The quantitative estimate of drug-likeness (QED) is 0.766. The van der Waals surface area contributed by atoms with Gasteiger partial charge in [-0.2, -0.15) is 0 Å². The average molecular weight is 295 g/mol. The number of dihydropyridines is 1. The Bertz CT molecular complexity index is 514. The van der Waals surface area contributed by atoms with Gasteiger partial charge in [0.05, 0.1) is 17.3 Å². The number of allylic oxidation sites excluding steroid dienone is 2. The van der Waals surface area contributed by atoms with Crippen molar-refractivity contribution in [2.24, 2.45) is 5.92 Å². The molecule has 2 N–H and O–H groups in total. The van der Waals surface area contributed by atoms with Crippen LogP contribution in [0.15, 0.2) is 22.5 Å². The molecule has 0 saturated carbocycles. The van der Waals surface area contributed by atoms with E-state index >= 15 is 0 Å². The van der Waals surface area contributed by atoms with Crippen LogP contribution in [0.4, 0.5) is 0 Å². The van der Waals surface area contributed by atoms with Gasteiger partial charge in [0.15, 0.2) is 0 Å². The van der Waals surface area contributed by atoms with E-state index in [1.165, 1.54) is 0 Å². The van der Waals surface area contributed by atoms with Crippen molar-refractivity contribution in [3.05, 3.63) is 22.5 Å².